The second kappa shape index (κ2) is 10.0. The molecule has 1 atom stereocenters. The fourth-order valence-electron chi connectivity index (χ4n) is 4.06. The molecule has 7 nitrogen and oxygen atoms in total. The van der Waals surface area contributed by atoms with Crippen LogP contribution in [-0.4, -0.2) is 43.7 Å². The Morgan fingerprint density at radius 3 is 2.73 bits per heavy atom. The molecule has 0 radical (unpaired) electrons. The van der Waals surface area contributed by atoms with Gasteiger partial charge in [0, 0.05) is 43.9 Å². The first-order valence-corrected chi connectivity index (χ1v) is 12.4. The Morgan fingerprint density at radius 1 is 1.27 bits per heavy atom. The van der Waals surface area contributed by atoms with Crippen LogP contribution in [-0.2, 0) is 21.3 Å². The molecule has 1 aliphatic rings. The third-order valence-electron chi connectivity index (χ3n) is 5.89. The molecule has 1 fully saturated rings. The zero-order chi connectivity index (χ0) is 23.4. The van der Waals surface area contributed by atoms with Crippen LogP contribution < -0.4 is 10.1 Å². The highest BCUT2D eigenvalue weighted by atomic mass is 32.2. The topological polar surface area (TPSA) is 82.5 Å². The van der Waals surface area contributed by atoms with Gasteiger partial charge >= 0.3 is 0 Å². The van der Waals surface area contributed by atoms with Gasteiger partial charge in [0.15, 0.2) is 11.6 Å². The lowest BCUT2D eigenvalue weighted by molar-refractivity contribution is 0.0228. The van der Waals surface area contributed by atoms with E-state index in [1.807, 2.05) is 6.92 Å². The average molecular weight is 474 g/mol. The average Bonchev–Trinajstić information content (AvgIpc) is 3.26. The molecular formula is C24H28FN3O4S. The van der Waals surface area contributed by atoms with Crippen molar-refractivity contribution in [3.8, 4) is 17.0 Å². The van der Waals surface area contributed by atoms with Gasteiger partial charge in [0.05, 0.1) is 11.8 Å². The number of hydrogen-bond donors (Lipinski definition) is 1. The van der Waals surface area contributed by atoms with Crippen LogP contribution in [0, 0.1) is 11.7 Å². The van der Waals surface area contributed by atoms with Crippen LogP contribution in [0.25, 0.3) is 11.3 Å². The summed E-state index contributed by atoms with van der Waals surface area (Å²) in [6.07, 6.45) is 5.97. The monoisotopic (exact) mass is 473 g/mol. The maximum atomic E-state index is 15.0. The molecule has 1 N–H and O–H groups in total. The standard InChI is InChI=1S/C24H28FN3O4S/c1-17(19-7-10-31-11-8-19)32-24-6-5-20(13-22(24)25)23-12-18(14-26-2)16-28(23)33(29,30)21-4-3-9-27-15-21/h3-6,9,12-13,15-17,19,26H,7-8,10-11,14H2,1-2H3. The van der Waals surface area contributed by atoms with E-state index in [0.717, 1.165) is 18.4 Å². The van der Waals surface area contributed by atoms with Crippen LogP contribution in [0.1, 0.15) is 25.3 Å². The zero-order valence-electron chi connectivity index (χ0n) is 18.7. The summed E-state index contributed by atoms with van der Waals surface area (Å²) in [7, 11) is -2.14. The molecule has 0 bridgehead atoms. The quantitative estimate of drug-likeness (QED) is 0.535. The molecule has 1 aromatic carbocycles. The van der Waals surface area contributed by atoms with Crippen LogP contribution in [0.2, 0.25) is 0 Å². The van der Waals surface area contributed by atoms with Crippen LogP contribution in [0.15, 0.2) is 59.9 Å². The number of nitrogens with one attached hydrogen (secondary N) is 1. The molecule has 1 unspecified atom stereocenters. The highest BCUT2D eigenvalue weighted by molar-refractivity contribution is 7.90. The summed E-state index contributed by atoms with van der Waals surface area (Å²) in [6.45, 7) is 3.79. The first-order valence-electron chi connectivity index (χ1n) is 11.0. The second-order valence-electron chi connectivity index (χ2n) is 8.17. The molecule has 4 rings (SSSR count). The van der Waals surface area contributed by atoms with Crippen LogP contribution >= 0.6 is 0 Å². The van der Waals surface area contributed by atoms with Crippen molar-refractivity contribution in [1.29, 1.82) is 0 Å². The predicted molar refractivity (Wildman–Crippen MR) is 123 cm³/mol. The fraction of sp³-hybridized carbons (Fsp3) is 0.375. The Bertz CT molecular complexity index is 1190. The van der Waals surface area contributed by atoms with Gasteiger partial charge in [-0.25, -0.2) is 16.8 Å². The number of halogens is 1. The number of ether oxygens (including phenoxy) is 2. The molecule has 1 saturated heterocycles. The molecule has 33 heavy (non-hydrogen) atoms. The molecule has 0 saturated carbocycles. The summed E-state index contributed by atoms with van der Waals surface area (Å²) < 4.78 is 54.1. The van der Waals surface area contributed by atoms with E-state index in [2.05, 4.69) is 10.3 Å². The molecule has 0 spiro atoms. The third-order valence-corrected chi connectivity index (χ3v) is 7.54. The van der Waals surface area contributed by atoms with Crippen molar-refractivity contribution in [3.05, 3.63) is 66.4 Å². The van der Waals surface area contributed by atoms with Crippen LogP contribution in [0.3, 0.4) is 0 Å². The zero-order valence-corrected chi connectivity index (χ0v) is 19.5. The van der Waals surface area contributed by atoms with E-state index in [1.165, 1.54) is 28.5 Å². The van der Waals surface area contributed by atoms with Gasteiger partial charge in [-0.2, -0.15) is 0 Å². The van der Waals surface area contributed by atoms with E-state index in [1.54, 1.807) is 37.5 Å². The number of nitrogens with zero attached hydrogens (tertiary/aromatic N) is 2. The molecule has 1 aliphatic heterocycles. The molecular weight excluding hydrogens is 445 g/mol. The van der Waals surface area contributed by atoms with Gasteiger partial charge in [0.1, 0.15) is 4.90 Å². The van der Waals surface area contributed by atoms with Crippen molar-refractivity contribution >= 4 is 10.0 Å². The first-order chi connectivity index (χ1) is 15.9. The molecule has 0 aliphatic carbocycles. The van der Waals surface area contributed by atoms with E-state index in [9.17, 15) is 8.42 Å². The smallest absolute Gasteiger partial charge is 0.269 e. The van der Waals surface area contributed by atoms with Crippen molar-refractivity contribution in [2.75, 3.05) is 20.3 Å². The lowest BCUT2D eigenvalue weighted by atomic mass is 9.95. The van der Waals surface area contributed by atoms with E-state index in [-0.39, 0.29) is 16.7 Å². The molecule has 0 amide bonds. The van der Waals surface area contributed by atoms with Gasteiger partial charge in [0.25, 0.3) is 10.0 Å². The lowest BCUT2D eigenvalue weighted by Crippen LogP contribution is -2.29. The van der Waals surface area contributed by atoms with Crippen molar-refractivity contribution in [1.82, 2.24) is 14.3 Å². The Morgan fingerprint density at radius 2 is 2.06 bits per heavy atom. The Kier molecular flexibility index (Phi) is 7.11. The van der Waals surface area contributed by atoms with Crippen molar-refractivity contribution in [3.63, 3.8) is 0 Å². The summed E-state index contributed by atoms with van der Waals surface area (Å²) in [6, 6.07) is 9.36. The van der Waals surface area contributed by atoms with Gasteiger partial charge in [-0.3, -0.25) is 4.98 Å². The van der Waals surface area contributed by atoms with E-state index < -0.39 is 15.8 Å². The van der Waals surface area contributed by atoms with Crippen molar-refractivity contribution in [2.45, 2.75) is 37.3 Å². The summed E-state index contributed by atoms with van der Waals surface area (Å²) in [5.74, 6) is -0.0710. The van der Waals surface area contributed by atoms with Crippen molar-refractivity contribution < 1.29 is 22.3 Å². The molecule has 3 heterocycles. The third kappa shape index (κ3) is 5.10. The molecule has 176 valence electrons. The van der Waals surface area contributed by atoms with Gasteiger partial charge in [-0.1, -0.05) is 0 Å². The SMILES string of the molecule is CNCc1cc(-c2ccc(OC(C)C3CCOCC3)c(F)c2)n(S(=O)(=O)c2cccnc2)c1. The van der Waals surface area contributed by atoms with Crippen LogP contribution in [0.5, 0.6) is 5.75 Å². The Balaban J connectivity index is 1.66. The number of benzene rings is 1. The minimum Gasteiger partial charge on any atom is -0.487 e. The van der Waals surface area contributed by atoms with Gasteiger partial charge in [-0.05, 0) is 74.7 Å². The number of rotatable bonds is 8. The van der Waals surface area contributed by atoms with E-state index in [0.29, 0.717) is 36.9 Å². The Hall–Kier alpha value is -2.75. The summed E-state index contributed by atoms with van der Waals surface area (Å²) in [5, 5.41) is 3.02. The molecule has 2 aromatic heterocycles. The second-order valence-corrected chi connectivity index (χ2v) is 9.99. The summed E-state index contributed by atoms with van der Waals surface area (Å²) >= 11 is 0. The van der Waals surface area contributed by atoms with Gasteiger partial charge in [0.2, 0.25) is 0 Å². The number of aromatic nitrogens is 2. The Labute approximate surface area is 193 Å². The lowest BCUT2D eigenvalue weighted by Gasteiger charge is -2.28. The summed E-state index contributed by atoms with van der Waals surface area (Å²) in [4.78, 5) is 3.98. The fourth-order valence-corrected chi connectivity index (χ4v) is 5.42. The largest absolute Gasteiger partial charge is 0.487 e. The normalized spacial score (nSPS) is 16.0. The van der Waals surface area contributed by atoms with E-state index >= 15 is 4.39 Å². The van der Waals surface area contributed by atoms with Crippen LogP contribution in [0.4, 0.5) is 4.39 Å². The maximum Gasteiger partial charge on any atom is 0.269 e. The van der Waals surface area contributed by atoms with Gasteiger partial charge < -0.3 is 14.8 Å². The minimum atomic E-state index is -3.91. The highest BCUT2D eigenvalue weighted by Crippen LogP contribution is 2.31. The number of pyridine rings is 1. The highest BCUT2D eigenvalue weighted by Gasteiger charge is 2.25. The minimum absolute atomic E-state index is 0.0589. The van der Waals surface area contributed by atoms with Gasteiger partial charge in [-0.15, -0.1) is 0 Å². The molecule has 3 aromatic rings. The summed E-state index contributed by atoms with van der Waals surface area (Å²) in [5.41, 5.74) is 1.56. The van der Waals surface area contributed by atoms with Crippen molar-refractivity contribution in [2.24, 2.45) is 5.92 Å². The maximum absolute atomic E-state index is 15.0. The predicted octanol–water partition coefficient (Wildman–Crippen LogP) is 3.84. The van der Waals surface area contributed by atoms with E-state index in [4.69, 9.17) is 9.47 Å². The first kappa shape index (κ1) is 23.4. The number of hydrogen-bond acceptors (Lipinski definition) is 6. The molecule has 9 heteroatoms.